The zero-order valence-corrected chi connectivity index (χ0v) is 20.0. The Morgan fingerprint density at radius 2 is 1.97 bits per heavy atom. The van der Waals surface area contributed by atoms with Gasteiger partial charge in [-0.1, -0.05) is 0 Å². The second-order valence-electron chi connectivity index (χ2n) is 9.23. The lowest BCUT2D eigenvalue weighted by atomic mass is 9.95. The first-order valence-corrected chi connectivity index (χ1v) is 12.0. The van der Waals surface area contributed by atoms with Crippen LogP contribution in [0.15, 0.2) is 36.5 Å². The Morgan fingerprint density at radius 1 is 1.14 bits per heavy atom. The molecule has 0 saturated carbocycles. The number of nitrogen functional groups attached to an aromatic ring is 1. The maximum atomic E-state index is 14.6. The second kappa shape index (κ2) is 9.24. The molecule has 0 unspecified atom stereocenters. The minimum atomic E-state index is -0.793. The monoisotopic (exact) mass is 510 g/mol. The fourth-order valence-electron chi connectivity index (χ4n) is 5.26. The Labute approximate surface area is 210 Å². The van der Waals surface area contributed by atoms with Crippen LogP contribution in [0.1, 0.15) is 6.42 Å². The van der Waals surface area contributed by atoms with Gasteiger partial charge in [0, 0.05) is 49.6 Å². The van der Waals surface area contributed by atoms with Gasteiger partial charge in [0.05, 0.1) is 36.6 Å². The van der Waals surface area contributed by atoms with Gasteiger partial charge in [-0.15, -0.1) is 0 Å². The third kappa shape index (κ3) is 4.23. The number of methoxy groups -OCH3 is 1. The average Bonchev–Trinajstić information content (AvgIpc) is 3.31. The van der Waals surface area contributed by atoms with Crippen molar-refractivity contribution in [1.82, 2.24) is 20.3 Å². The van der Waals surface area contributed by atoms with Crippen molar-refractivity contribution in [2.75, 3.05) is 44.0 Å². The summed E-state index contributed by atoms with van der Waals surface area (Å²) in [5, 5.41) is 3.50. The van der Waals surface area contributed by atoms with Crippen LogP contribution in [-0.2, 0) is 4.74 Å². The lowest BCUT2D eigenvalue weighted by Gasteiger charge is -2.43. The summed E-state index contributed by atoms with van der Waals surface area (Å²) in [4.78, 5) is 13.9. The summed E-state index contributed by atoms with van der Waals surface area (Å²) in [5.74, 6) is -1.27. The first-order valence-electron chi connectivity index (χ1n) is 12.0. The van der Waals surface area contributed by atoms with Gasteiger partial charge >= 0.3 is 0 Å². The molecule has 4 aromatic rings. The minimum absolute atomic E-state index is 0.0156. The van der Waals surface area contributed by atoms with Crippen LogP contribution in [0.3, 0.4) is 0 Å². The molecule has 2 aromatic heterocycles. The third-order valence-electron chi connectivity index (χ3n) is 6.96. The van der Waals surface area contributed by atoms with Gasteiger partial charge in [-0.3, -0.25) is 0 Å². The summed E-state index contributed by atoms with van der Waals surface area (Å²) in [6.07, 6.45) is 2.32. The van der Waals surface area contributed by atoms with Gasteiger partial charge in [0.25, 0.3) is 0 Å². The molecule has 4 N–H and O–H groups in total. The number of aromatic nitrogens is 3. The van der Waals surface area contributed by atoms with Gasteiger partial charge in [-0.05, 0) is 30.2 Å². The van der Waals surface area contributed by atoms with Gasteiger partial charge in [0.15, 0.2) is 5.82 Å². The fraction of sp³-hybridized carbons (Fsp3) is 0.308. The molecule has 4 heterocycles. The number of rotatable bonds is 4. The Morgan fingerprint density at radius 3 is 2.81 bits per heavy atom. The Kier molecular flexibility index (Phi) is 5.88. The number of halogens is 3. The van der Waals surface area contributed by atoms with Crippen LogP contribution in [-0.4, -0.2) is 60.4 Å². The summed E-state index contributed by atoms with van der Waals surface area (Å²) in [7, 11) is 1.46. The SMILES string of the molecule is COc1cc(F)cc(-c2cnc(N)c(-c3nc4c(F)cc(F)cc4[nH]3)c2N2CC[C@@H]3NCCO[C@H]3C2)c1. The summed E-state index contributed by atoms with van der Waals surface area (Å²) >= 11 is 0. The fourth-order valence-corrected chi connectivity index (χ4v) is 5.26. The number of morpholine rings is 1. The number of nitrogens with one attached hydrogen (secondary N) is 2. The number of ether oxygens (including phenoxy) is 2. The van der Waals surface area contributed by atoms with Crippen LogP contribution >= 0.6 is 0 Å². The van der Waals surface area contributed by atoms with Crippen molar-refractivity contribution in [3.05, 3.63) is 54.0 Å². The first kappa shape index (κ1) is 23.6. The minimum Gasteiger partial charge on any atom is -0.497 e. The molecule has 2 aromatic carbocycles. The van der Waals surface area contributed by atoms with E-state index in [4.69, 9.17) is 15.2 Å². The lowest BCUT2D eigenvalue weighted by molar-refractivity contribution is -0.00899. The number of H-pyrrole nitrogens is 1. The normalized spacial score (nSPS) is 19.7. The number of aromatic amines is 1. The van der Waals surface area contributed by atoms with E-state index in [1.54, 1.807) is 12.3 Å². The summed E-state index contributed by atoms with van der Waals surface area (Å²) in [6, 6.07) is 6.56. The standard InChI is InChI=1S/C26H25F3N6O2/c1-36-16-7-13(6-14(27)8-16)17-11-32-25(30)22(26-33-20-10-15(28)9-18(29)23(20)34-26)24(17)35-4-2-19-21(12-35)37-5-3-31-19/h6-11,19,21,31H,2-5,12H2,1H3,(H2,30,32)(H,33,34)/t19-,21-/m0/s1. The van der Waals surface area contributed by atoms with Gasteiger partial charge in [-0.25, -0.2) is 23.1 Å². The van der Waals surface area contributed by atoms with E-state index in [0.717, 1.165) is 19.0 Å². The molecule has 0 spiro atoms. The second-order valence-corrected chi connectivity index (χ2v) is 9.23. The molecule has 2 saturated heterocycles. The maximum Gasteiger partial charge on any atom is 0.153 e. The zero-order valence-electron chi connectivity index (χ0n) is 20.0. The van der Waals surface area contributed by atoms with Crippen LogP contribution in [0.2, 0.25) is 0 Å². The number of nitrogens with two attached hydrogens (primary N) is 1. The summed E-state index contributed by atoms with van der Waals surface area (Å²) in [6.45, 7) is 2.58. The largest absolute Gasteiger partial charge is 0.497 e. The Bertz CT molecular complexity index is 1490. The molecule has 2 fully saturated rings. The van der Waals surface area contributed by atoms with Crippen molar-refractivity contribution in [2.24, 2.45) is 0 Å². The van der Waals surface area contributed by atoms with Crippen molar-refractivity contribution in [3.63, 3.8) is 0 Å². The number of hydrogen-bond donors (Lipinski definition) is 3. The highest BCUT2D eigenvalue weighted by Gasteiger charge is 2.35. The maximum absolute atomic E-state index is 14.6. The molecule has 37 heavy (non-hydrogen) atoms. The molecule has 0 bridgehead atoms. The molecule has 192 valence electrons. The Hall–Kier alpha value is -3.83. The molecule has 2 aliphatic heterocycles. The van der Waals surface area contributed by atoms with Gasteiger partial charge < -0.3 is 30.4 Å². The van der Waals surface area contributed by atoms with Crippen molar-refractivity contribution >= 4 is 22.5 Å². The van der Waals surface area contributed by atoms with E-state index in [1.165, 1.54) is 25.3 Å². The van der Waals surface area contributed by atoms with E-state index in [-0.39, 0.29) is 34.8 Å². The van der Waals surface area contributed by atoms with Gasteiger partial charge in [0.1, 0.15) is 34.5 Å². The van der Waals surface area contributed by atoms with Gasteiger partial charge in [0.2, 0.25) is 0 Å². The smallest absolute Gasteiger partial charge is 0.153 e. The number of imidazole rings is 1. The van der Waals surface area contributed by atoms with Crippen LogP contribution in [0.5, 0.6) is 5.75 Å². The van der Waals surface area contributed by atoms with Crippen molar-refractivity contribution in [2.45, 2.75) is 18.6 Å². The van der Waals surface area contributed by atoms with E-state index in [9.17, 15) is 13.2 Å². The number of nitrogens with zero attached hydrogens (tertiary/aromatic N) is 3. The van der Waals surface area contributed by atoms with Gasteiger partial charge in [-0.2, -0.15) is 0 Å². The number of benzene rings is 2. The number of anilines is 2. The molecule has 2 atom stereocenters. The lowest BCUT2D eigenvalue weighted by Crippen LogP contribution is -2.58. The van der Waals surface area contributed by atoms with Crippen LogP contribution in [0.4, 0.5) is 24.7 Å². The zero-order chi connectivity index (χ0) is 25.7. The predicted octanol–water partition coefficient (Wildman–Crippen LogP) is 3.87. The highest BCUT2D eigenvalue weighted by molar-refractivity contribution is 5.95. The highest BCUT2D eigenvalue weighted by Crippen LogP contribution is 2.43. The van der Waals surface area contributed by atoms with E-state index in [0.29, 0.717) is 47.8 Å². The van der Waals surface area contributed by atoms with Crippen LogP contribution < -0.4 is 20.7 Å². The highest BCUT2D eigenvalue weighted by atomic mass is 19.1. The number of piperidine rings is 1. The van der Waals surface area contributed by atoms with E-state index >= 15 is 0 Å². The van der Waals surface area contributed by atoms with Crippen molar-refractivity contribution < 1.29 is 22.6 Å². The molecular formula is C26H25F3N6O2. The molecule has 11 heteroatoms. The quantitative estimate of drug-likeness (QED) is 0.383. The molecule has 6 rings (SSSR count). The number of pyridine rings is 1. The summed E-state index contributed by atoms with van der Waals surface area (Å²) in [5.41, 5.74) is 8.76. The number of hydrogen-bond acceptors (Lipinski definition) is 7. The topological polar surface area (TPSA) is 101 Å². The Balaban J connectivity index is 1.57. The van der Waals surface area contributed by atoms with Crippen molar-refractivity contribution in [1.29, 1.82) is 0 Å². The van der Waals surface area contributed by atoms with E-state index in [1.807, 2.05) is 0 Å². The molecule has 8 nitrogen and oxygen atoms in total. The average molecular weight is 511 g/mol. The number of fused-ring (bicyclic) bond motifs is 2. The van der Waals surface area contributed by atoms with E-state index < -0.39 is 17.5 Å². The molecule has 2 aliphatic rings. The van der Waals surface area contributed by atoms with Crippen LogP contribution in [0, 0.1) is 17.5 Å². The first-order chi connectivity index (χ1) is 17.9. The molecule has 0 aliphatic carbocycles. The predicted molar refractivity (Wildman–Crippen MR) is 134 cm³/mol. The molecule has 0 radical (unpaired) electrons. The van der Waals surface area contributed by atoms with E-state index in [2.05, 4.69) is 25.2 Å². The van der Waals surface area contributed by atoms with Crippen LogP contribution in [0.25, 0.3) is 33.5 Å². The summed E-state index contributed by atoms with van der Waals surface area (Å²) < 4.78 is 54.3. The molecular weight excluding hydrogens is 485 g/mol. The van der Waals surface area contributed by atoms with Crippen molar-refractivity contribution in [3.8, 4) is 28.3 Å². The molecule has 0 amide bonds. The third-order valence-corrected chi connectivity index (χ3v) is 6.96.